The van der Waals surface area contributed by atoms with Crippen molar-refractivity contribution in [2.24, 2.45) is 0 Å². The van der Waals surface area contributed by atoms with Gasteiger partial charge >= 0.3 is 0 Å². The number of rotatable bonds is 3. The Morgan fingerprint density at radius 3 is 2.80 bits per heavy atom. The summed E-state index contributed by atoms with van der Waals surface area (Å²) in [5.41, 5.74) is 2.00. The van der Waals surface area contributed by atoms with Gasteiger partial charge in [0.1, 0.15) is 0 Å². The van der Waals surface area contributed by atoms with Crippen LogP contribution >= 0.6 is 0 Å². The maximum atomic E-state index is 11.9. The van der Waals surface area contributed by atoms with Crippen LogP contribution in [0.15, 0.2) is 24.3 Å². The van der Waals surface area contributed by atoms with Crippen LogP contribution in [-0.2, 0) is 16.4 Å². The summed E-state index contributed by atoms with van der Waals surface area (Å²) in [6.07, 6.45) is 1.50. The maximum absolute atomic E-state index is 11.9. The summed E-state index contributed by atoms with van der Waals surface area (Å²) in [6, 6.07) is 7.72. The van der Waals surface area contributed by atoms with Crippen LogP contribution in [0.5, 0.6) is 0 Å². The molecule has 1 aromatic rings. The van der Waals surface area contributed by atoms with E-state index in [-0.39, 0.29) is 5.75 Å². The molecule has 2 rings (SSSR count). The van der Waals surface area contributed by atoms with E-state index in [4.69, 9.17) is 0 Å². The van der Waals surface area contributed by atoms with Crippen LogP contribution in [-0.4, -0.2) is 20.7 Å². The van der Waals surface area contributed by atoms with Gasteiger partial charge < -0.3 is 0 Å². The summed E-state index contributed by atoms with van der Waals surface area (Å²) in [6.45, 7) is 2.49. The van der Waals surface area contributed by atoms with Crippen LogP contribution in [0, 0.1) is 0 Å². The molecule has 0 aliphatic carbocycles. The quantitative estimate of drug-likeness (QED) is 0.786. The van der Waals surface area contributed by atoms with E-state index in [1.165, 1.54) is 0 Å². The molecule has 0 spiro atoms. The molecule has 15 heavy (non-hydrogen) atoms. The Balaban J connectivity index is 2.36. The van der Waals surface area contributed by atoms with Crippen molar-refractivity contribution in [1.29, 1.82) is 0 Å². The summed E-state index contributed by atoms with van der Waals surface area (Å²) in [5, 5.41) is 0. The predicted octanol–water partition coefficient (Wildman–Crippen LogP) is 1.79. The SMILES string of the molecule is CCCS(=O)(=O)N1CCc2ccccc21. The lowest BCUT2D eigenvalue weighted by atomic mass is 10.2. The molecule has 0 atom stereocenters. The number of benzene rings is 1. The molecule has 0 bridgehead atoms. The summed E-state index contributed by atoms with van der Waals surface area (Å²) in [5.74, 6) is 0.237. The first-order valence-electron chi connectivity index (χ1n) is 5.23. The molecule has 1 aliphatic rings. The molecule has 0 aromatic heterocycles. The van der Waals surface area contributed by atoms with Gasteiger partial charge in [-0.1, -0.05) is 25.1 Å². The van der Waals surface area contributed by atoms with E-state index < -0.39 is 10.0 Å². The van der Waals surface area contributed by atoms with Gasteiger partial charge in [0.05, 0.1) is 11.4 Å². The van der Waals surface area contributed by atoms with Crippen molar-refractivity contribution in [2.75, 3.05) is 16.6 Å². The standard InChI is InChI=1S/C11H15NO2S/c1-2-9-15(13,14)12-8-7-10-5-3-4-6-11(10)12/h3-6H,2,7-9H2,1H3. The van der Waals surface area contributed by atoms with Crippen molar-refractivity contribution in [2.45, 2.75) is 19.8 Å². The first kappa shape index (κ1) is 10.5. The van der Waals surface area contributed by atoms with Gasteiger partial charge in [0, 0.05) is 6.54 Å². The van der Waals surface area contributed by atoms with Crippen LogP contribution in [0.25, 0.3) is 0 Å². The lowest BCUT2D eigenvalue weighted by Gasteiger charge is -2.18. The lowest BCUT2D eigenvalue weighted by molar-refractivity contribution is 0.591. The van der Waals surface area contributed by atoms with Crippen LogP contribution in [0.1, 0.15) is 18.9 Å². The Kier molecular flexibility index (Phi) is 2.69. The second-order valence-corrected chi connectivity index (χ2v) is 5.78. The number of nitrogens with zero attached hydrogens (tertiary/aromatic N) is 1. The van der Waals surface area contributed by atoms with Crippen molar-refractivity contribution >= 4 is 15.7 Å². The maximum Gasteiger partial charge on any atom is 0.235 e. The number of anilines is 1. The average Bonchev–Trinajstić information content (AvgIpc) is 2.61. The Hall–Kier alpha value is -1.03. The van der Waals surface area contributed by atoms with Gasteiger partial charge in [0.2, 0.25) is 10.0 Å². The van der Waals surface area contributed by atoms with Crippen molar-refractivity contribution < 1.29 is 8.42 Å². The molecule has 1 aromatic carbocycles. The van der Waals surface area contributed by atoms with Crippen molar-refractivity contribution in [3.8, 4) is 0 Å². The molecule has 0 fully saturated rings. The van der Waals surface area contributed by atoms with E-state index >= 15 is 0 Å². The fourth-order valence-electron chi connectivity index (χ4n) is 1.97. The Bertz CT molecular complexity index is 453. The molecular formula is C11H15NO2S. The Morgan fingerprint density at radius 2 is 2.07 bits per heavy atom. The number of hydrogen-bond acceptors (Lipinski definition) is 2. The highest BCUT2D eigenvalue weighted by Gasteiger charge is 2.27. The molecule has 82 valence electrons. The topological polar surface area (TPSA) is 37.4 Å². The summed E-state index contributed by atoms with van der Waals surface area (Å²) < 4.78 is 25.4. The molecule has 4 heteroatoms. The van der Waals surface area contributed by atoms with Gasteiger partial charge in [-0.05, 0) is 24.5 Å². The van der Waals surface area contributed by atoms with E-state index in [0.717, 1.165) is 17.7 Å². The number of hydrogen-bond donors (Lipinski definition) is 0. The predicted molar refractivity (Wildman–Crippen MR) is 61.6 cm³/mol. The van der Waals surface area contributed by atoms with Gasteiger partial charge in [-0.15, -0.1) is 0 Å². The minimum atomic E-state index is -3.09. The molecule has 0 saturated heterocycles. The zero-order chi connectivity index (χ0) is 10.9. The fourth-order valence-corrected chi connectivity index (χ4v) is 3.55. The third-order valence-corrected chi connectivity index (χ3v) is 4.62. The molecule has 0 amide bonds. The zero-order valence-corrected chi connectivity index (χ0v) is 9.63. The zero-order valence-electron chi connectivity index (χ0n) is 8.81. The van der Waals surface area contributed by atoms with E-state index in [2.05, 4.69) is 0 Å². The second-order valence-electron chi connectivity index (χ2n) is 3.77. The minimum absolute atomic E-state index is 0.237. The van der Waals surface area contributed by atoms with Gasteiger partial charge in [-0.2, -0.15) is 0 Å². The first-order chi connectivity index (χ1) is 7.15. The van der Waals surface area contributed by atoms with Gasteiger partial charge in [-0.25, -0.2) is 8.42 Å². The van der Waals surface area contributed by atoms with Crippen LogP contribution < -0.4 is 4.31 Å². The lowest BCUT2D eigenvalue weighted by Crippen LogP contribution is -2.31. The number of sulfonamides is 1. The summed E-state index contributed by atoms with van der Waals surface area (Å²) >= 11 is 0. The molecular weight excluding hydrogens is 210 g/mol. The highest BCUT2D eigenvalue weighted by Crippen LogP contribution is 2.29. The molecule has 0 radical (unpaired) electrons. The number of fused-ring (bicyclic) bond motifs is 1. The third-order valence-electron chi connectivity index (χ3n) is 2.64. The molecule has 0 saturated carbocycles. The smallest absolute Gasteiger partial charge is 0.235 e. The average molecular weight is 225 g/mol. The van der Waals surface area contributed by atoms with Gasteiger partial charge in [0.15, 0.2) is 0 Å². The second kappa shape index (κ2) is 3.85. The summed E-state index contributed by atoms with van der Waals surface area (Å²) in [4.78, 5) is 0. The molecule has 3 nitrogen and oxygen atoms in total. The fraction of sp³-hybridized carbons (Fsp3) is 0.455. The van der Waals surface area contributed by atoms with Gasteiger partial charge in [0.25, 0.3) is 0 Å². The van der Waals surface area contributed by atoms with Gasteiger partial charge in [-0.3, -0.25) is 4.31 Å². The van der Waals surface area contributed by atoms with Crippen molar-refractivity contribution in [3.05, 3.63) is 29.8 Å². The monoisotopic (exact) mass is 225 g/mol. The summed E-state index contributed by atoms with van der Waals surface area (Å²) in [7, 11) is -3.09. The molecule has 0 N–H and O–H groups in total. The molecule has 1 heterocycles. The van der Waals surface area contributed by atoms with Crippen LogP contribution in [0.4, 0.5) is 5.69 Å². The normalized spacial score (nSPS) is 15.4. The van der Waals surface area contributed by atoms with Crippen LogP contribution in [0.2, 0.25) is 0 Å². The Morgan fingerprint density at radius 1 is 1.33 bits per heavy atom. The highest BCUT2D eigenvalue weighted by molar-refractivity contribution is 7.92. The van der Waals surface area contributed by atoms with E-state index in [0.29, 0.717) is 13.0 Å². The highest BCUT2D eigenvalue weighted by atomic mass is 32.2. The first-order valence-corrected chi connectivity index (χ1v) is 6.84. The van der Waals surface area contributed by atoms with Crippen LogP contribution in [0.3, 0.4) is 0 Å². The minimum Gasteiger partial charge on any atom is -0.270 e. The van der Waals surface area contributed by atoms with E-state index in [1.54, 1.807) is 4.31 Å². The van der Waals surface area contributed by atoms with E-state index in [9.17, 15) is 8.42 Å². The third kappa shape index (κ3) is 1.86. The van der Waals surface area contributed by atoms with E-state index in [1.807, 2.05) is 31.2 Å². The van der Waals surface area contributed by atoms with Crippen molar-refractivity contribution in [3.63, 3.8) is 0 Å². The number of para-hydroxylation sites is 1. The van der Waals surface area contributed by atoms with Crippen molar-refractivity contribution in [1.82, 2.24) is 0 Å². The largest absolute Gasteiger partial charge is 0.270 e. The molecule has 0 unspecified atom stereocenters. The Labute approximate surface area is 90.8 Å². The molecule has 1 aliphatic heterocycles.